The maximum atomic E-state index is 13.9. The highest BCUT2D eigenvalue weighted by atomic mass is 16.5. The zero-order valence-corrected chi connectivity index (χ0v) is 26.2. The van der Waals surface area contributed by atoms with Crippen LogP contribution in [-0.2, 0) is 25.7 Å². The predicted octanol–water partition coefficient (Wildman–Crippen LogP) is 3.38. The van der Waals surface area contributed by atoms with E-state index < -0.39 is 23.5 Å². The number of aromatic nitrogens is 2. The van der Waals surface area contributed by atoms with Gasteiger partial charge in [-0.05, 0) is 62.9 Å². The molecule has 2 unspecified atom stereocenters. The first-order chi connectivity index (χ1) is 21.1. The molecule has 0 aliphatic carbocycles. The van der Waals surface area contributed by atoms with Gasteiger partial charge in [-0.25, -0.2) is 4.98 Å². The molecule has 1 aromatic heterocycles. The Kier molecular flexibility index (Phi) is 11.1. The lowest BCUT2D eigenvalue weighted by Gasteiger charge is -2.33. The maximum absolute atomic E-state index is 13.9. The molecule has 11 heteroatoms. The van der Waals surface area contributed by atoms with E-state index in [4.69, 9.17) is 9.47 Å². The van der Waals surface area contributed by atoms with Gasteiger partial charge in [0.25, 0.3) is 5.91 Å². The highest BCUT2D eigenvalue weighted by Crippen LogP contribution is 2.27. The predicted molar refractivity (Wildman–Crippen MR) is 168 cm³/mol. The number of carbonyl (C=O) groups is 3. The molecule has 0 bridgehead atoms. The molecule has 1 aliphatic rings. The Bertz CT molecular complexity index is 1380. The average molecular weight is 605 g/mol. The molecule has 1 fully saturated rings. The summed E-state index contributed by atoms with van der Waals surface area (Å²) in [5.41, 5.74) is 0.820. The summed E-state index contributed by atoms with van der Waals surface area (Å²) < 4.78 is 12.9. The molecule has 2 atom stereocenters. The van der Waals surface area contributed by atoms with Crippen LogP contribution in [0.25, 0.3) is 0 Å². The summed E-state index contributed by atoms with van der Waals surface area (Å²) >= 11 is 0. The van der Waals surface area contributed by atoms with E-state index in [1.165, 1.54) is 0 Å². The van der Waals surface area contributed by atoms with Crippen molar-refractivity contribution in [1.82, 2.24) is 25.1 Å². The first-order valence-electron chi connectivity index (χ1n) is 15.0. The number of benzene rings is 2. The van der Waals surface area contributed by atoms with Gasteiger partial charge in [0.1, 0.15) is 17.8 Å². The van der Waals surface area contributed by atoms with Crippen molar-refractivity contribution in [3.8, 4) is 5.75 Å². The van der Waals surface area contributed by atoms with Crippen LogP contribution in [0.1, 0.15) is 50.8 Å². The smallest absolute Gasteiger partial charge is 0.250 e. The number of likely N-dealkylation sites (N-methyl/N-ethyl adjacent to an activating group) is 1. The summed E-state index contributed by atoms with van der Waals surface area (Å²) in [6.45, 7) is 7.28. The van der Waals surface area contributed by atoms with Crippen molar-refractivity contribution in [1.29, 1.82) is 0 Å². The number of nitrogens with zero attached hydrogens (tertiary/aromatic N) is 3. The summed E-state index contributed by atoms with van der Waals surface area (Å²) in [5.74, 6) is 0.650. The van der Waals surface area contributed by atoms with Gasteiger partial charge in [-0.2, -0.15) is 0 Å². The molecule has 44 heavy (non-hydrogen) atoms. The largest absolute Gasteiger partial charge is 0.497 e. The van der Waals surface area contributed by atoms with E-state index in [-0.39, 0.29) is 30.8 Å². The summed E-state index contributed by atoms with van der Waals surface area (Å²) in [7, 11) is 3.28. The number of methoxy groups -OCH3 is 1. The van der Waals surface area contributed by atoms with Crippen LogP contribution in [0, 0.1) is 5.92 Å². The number of carbonyl (C=O) groups excluding carboxylic acids is 3. The third-order valence-electron chi connectivity index (χ3n) is 8.12. The molecule has 1 saturated heterocycles. The highest BCUT2D eigenvalue weighted by molar-refractivity contribution is 5.98. The minimum Gasteiger partial charge on any atom is -0.497 e. The number of rotatable bonds is 13. The van der Waals surface area contributed by atoms with Crippen molar-refractivity contribution < 1.29 is 23.9 Å². The topological polar surface area (TPSA) is 127 Å². The Labute approximate surface area is 259 Å². The molecule has 0 saturated carbocycles. The Balaban J connectivity index is 1.52. The average Bonchev–Trinajstić information content (AvgIpc) is 3.49. The van der Waals surface area contributed by atoms with Crippen molar-refractivity contribution in [2.45, 2.75) is 57.8 Å². The van der Waals surface area contributed by atoms with Gasteiger partial charge in [-0.3, -0.25) is 14.4 Å². The van der Waals surface area contributed by atoms with Gasteiger partial charge >= 0.3 is 0 Å². The van der Waals surface area contributed by atoms with Gasteiger partial charge in [0, 0.05) is 19.3 Å². The standard InChI is InChI=1S/C33H44N6O5/c1-23-15-17-38(18-16-23)31(41)29(25-11-13-26(43-5)14-12-25)39-19-28(35-22-39)37-30(40)27(36-32(42)33(2,3)34-4)21-44-20-24-9-7-6-8-10-24/h6-14,19,22-23,27,29,34H,15-18,20-21H2,1-5H3,(H,36,42)(H,37,40). The van der Waals surface area contributed by atoms with Gasteiger partial charge in [0.15, 0.2) is 5.82 Å². The van der Waals surface area contributed by atoms with Crippen LogP contribution in [0.5, 0.6) is 5.75 Å². The summed E-state index contributed by atoms with van der Waals surface area (Å²) in [5, 5.41) is 8.56. The second-order valence-electron chi connectivity index (χ2n) is 11.8. The van der Waals surface area contributed by atoms with Crippen LogP contribution in [-0.4, -0.2) is 77.6 Å². The van der Waals surface area contributed by atoms with Crippen LogP contribution in [0.3, 0.4) is 0 Å². The maximum Gasteiger partial charge on any atom is 0.250 e. The van der Waals surface area contributed by atoms with Gasteiger partial charge in [-0.15, -0.1) is 0 Å². The molecule has 3 amide bonds. The van der Waals surface area contributed by atoms with E-state index in [1.807, 2.05) is 59.5 Å². The Morgan fingerprint density at radius 2 is 1.73 bits per heavy atom. The van der Waals surface area contributed by atoms with E-state index in [0.29, 0.717) is 24.8 Å². The minimum atomic E-state index is -0.988. The molecule has 3 N–H and O–H groups in total. The van der Waals surface area contributed by atoms with Gasteiger partial charge in [-0.1, -0.05) is 49.4 Å². The molecular weight excluding hydrogens is 560 g/mol. The van der Waals surface area contributed by atoms with Gasteiger partial charge in [0.05, 0.1) is 32.2 Å². The lowest BCUT2D eigenvalue weighted by atomic mass is 9.97. The number of anilines is 1. The van der Waals surface area contributed by atoms with E-state index in [0.717, 1.165) is 24.0 Å². The number of ether oxygens (including phenoxy) is 2. The van der Waals surface area contributed by atoms with Crippen molar-refractivity contribution in [2.24, 2.45) is 5.92 Å². The molecule has 3 aromatic rings. The lowest BCUT2D eigenvalue weighted by Crippen LogP contribution is -2.57. The number of likely N-dealkylation sites (tertiary alicyclic amines) is 1. The van der Waals surface area contributed by atoms with E-state index >= 15 is 0 Å². The van der Waals surface area contributed by atoms with Crippen molar-refractivity contribution in [3.05, 3.63) is 78.2 Å². The zero-order valence-electron chi connectivity index (χ0n) is 26.2. The monoisotopic (exact) mass is 604 g/mol. The van der Waals surface area contributed by atoms with Gasteiger partial charge in [0.2, 0.25) is 11.8 Å². The summed E-state index contributed by atoms with van der Waals surface area (Å²) in [6, 6.07) is 15.3. The molecule has 4 rings (SSSR count). The second-order valence-corrected chi connectivity index (χ2v) is 11.8. The van der Waals surface area contributed by atoms with Crippen molar-refractivity contribution in [2.75, 3.05) is 39.2 Å². The third-order valence-corrected chi connectivity index (χ3v) is 8.12. The quantitative estimate of drug-likeness (QED) is 0.273. The van der Waals surface area contributed by atoms with Gasteiger partial charge < -0.3 is 34.9 Å². The fourth-order valence-corrected chi connectivity index (χ4v) is 4.89. The van der Waals surface area contributed by atoms with Crippen molar-refractivity contribution >= 4 is 23.5 Å². The highest BCUT2D eigenvalue weighted by Gasteiger charge is 2.32. The summed E-state index contributed by atoms with van der Waals surface area (Å²) in [6.07, 6.45) is 5.09. The fraction of sp³-hybridized carbons (Fsp3) is 0.455. The summed E-state index contributed by atoms with van der Waals surface area (Å²) in [4.78, 5) is 46.6. The number of hydrogen-bond donors (Lipinski definition) is 3. The number of nitrogens with one attached hydrogen (secondary N) is 3. The second kappa shape index (κ2) is 15.0. The molecule has 2 aromatic carbocycles. The minimum absolute atomic E-state index is 0.0360. The van der Waals surface area contributed by atoms with Crippen LogP contribution < -0.4 is 20.7 Å². The van der Waals surface area contributed by atoms with Crippen LogP contribution in [0.4, 0.5) is 5.82 Å². The van der Waals surface area contributed by atoms with E-state index in [9.17, 15) is 14.4 Å². The molecule has 0 spiro atoms. The number of piperidine rings is 1. The molecule has 11 nitrogen and oxygen atoms in total. The number of hydrogen-bond acceptors (Lipinski definition) is 7. The van der Waals surface area contributed by atoms with E-state index in [1.54, 1.807) is 45.1 Å². The Morgan fingerprint density at radius 1 is 1.05 bits per heavy atom. The number of amides is 3. The molecule has 2 heterocycles. The van der Waals surface area contributed by atoms with Crippen LogP contribution in [0.2, 0.25) is 0 Å². The first-order valence-corrected chi connectivity index (χ1v) is 15.0. The molecule has 236 valence electrons. The number of imidazole rings is 1. The lowest BCUT2D eigenvalue weighted by molar-refractivity contribution is -0.135. The Hall–Kier alpha value is -4.22. The first kappa shape index (κ1) is 32.7. The zero-order chi connectivity index (χ0) is 31.7. The molecule has 1 aliphatic heterocycles. The molecule has 0 radical (unpaired) electrons. The normalized spacial score (nSPS) is 15.3. The third kappa shape index (κ3) is 8.45. The van der Waals surface area contributed by atoms with Crippen molar-refractivity contribution in [3.63, 3.8) is 0 Å². The molecular formula is C33H44N6O5. The SMILES string of the molecule is CNC(C)(C)C(=O)NC(COCc1ccccc1)C(=O)Nc1cn(C(C(=O)N2CCC(C)CC2)c2ccc(OC)cc2)cn1. The van der Waals surface area contributed by atoms with Crippen LogP contribution in [0.15, 0.2) is 67.1 Å². The van der Waals surface area contributed by atoms with E-state index in [2.05, 4.69) is 27.9 Å². The Morgan fingerprint density at radius 3 is 2.36 bits per heavy atom. The fourth-order valence-electron chi connectivity index (χ4n) is 4.89. The van der Waals surface area contributed by atoms with Crippen LogP contribution >= 0.6 is 0 Å².